The van der Waals surface area contributed by atoms with E-state index in [-0.39, 0.29) is 36.7 Å². The van der Waals surface area contributed by atoms with E-state index in [4.69, 9.17) is 10.3 Å². The first-order valence-corrected chi connectivity index (χ1v) is 4.78. The third-order valence-electron chi connectivity index (χ3n) is 1.49. The van der Waals surface area contributed by atoms with Crippen molar-refractivity contribution < 1.29 is 48.9 Å². The first kappa shape index (κ1) is 14.3. The maximum atomic E-state index is 10.7. The zero-order valence-corrected chi connectivity index (χ0v) is 10.6. The molecule has 0 aliphatic carbocycles. The Kier molecular flexibility index (Phi) is 4.68. The van der Waals surface area contributed by atoms with Crippen LogP contribution in [0.3, 0.4) is 0 Å². The van der Waals surface area contributed by atoms with Crippen molar-refractivity contribution >= 4 is 21.5 Å². The number of para-hydroxylation sites is 1. The smallest absolute Gasteiger partial charge is 1.00 e. The van der Waals surface area contributed by atoms with Crippen LogP contribution in [0.1, 0.15) is 1.43 Å². The molecule has 0 unspecified atom stereocenters. The number of nitro groups is 1. The van der Waals surface area contributed by atoms with Crippen molar-refractivity contribution in [3.05, 3.63) is 28.3 Å². The molecule has 0 aliphatic heterocycles. The fourth-order valence-electron chi connectivity index (χ4n) is 0.943. The van der Waals surface area contributed by atoms with Crippen molar-refractivity contribution in [1.29, 1.82) is 0 Å². The van der Waals surface area contributed by atoms with Gasteiger partial charge in [0.05, 0.1) is 4.92 Å². The van der Waals surface area contributed by atoms with Gasteiger partial charge < -0.3 is 7.16 Å². The van der Waals surface area contributed by atoms with Crippen LogP contribution in [0.4, 0.5) is 11.4 Å². The van der Waals surface area contributed by atoms with Gasteiger partial charge >= 0.3 is 45.4 Å². The minimum Gasteiger partial charge on any atom is -1.00 e. The molecule has 0 saturated carbocycles. The summed E-state index contributed by atoms with van der Waals surface area (Å²) in [5, 5.41) is 10.4. The van der Waals surface area contributed by atoms with E-state index in [0.29, 0.717) is 0 Å². The van der Waals surface area contributed by atoms with Gasteiger partial charge in [-0.3, -0.25) is 14.7 Å². The monoisotopic (exact) mass is 242 g/mol. The summed E-state index contributed by atoms with van der Waals surface area (Å²) in [5.41, 5.74) is 4.08. The van der Waals surface area contributed by atoms with Crippen molar-refractivity contribution in [2.75, 3.05) is 5.73 Å². The third-order valence-corrected chi connectivity index (χ3v) is 2.38. The molecule has 0 heterocycles. The van der Waals surface area contributed by atoms with Crippen LogP contribution in [0, 0.1) is 10.1 Å². The Morgan fingerprint density at radius 2 is 2.00 bits per heavy atom. The first-order chi connectivity index (χ1) is 6.34. The Balaban J connectivity index is 0. The topological polar surface area (TPSA) is 124 Å². The molecule has 0 atom stereocenters. The van der Waals surface area contributed by atoms with E-state index in [1.165, 1.54) is 12.1 Å². The fraction of sp³-hybridized carbons (Fsp3) is 0. The third kappa shape index (κ3) is 3.14. The van der Waals surface area contributed by atoms with E-state index < -0.39 is 25.6 Å². The average Bonchev–Trinajstić information content (AvgIpc) is 2.01. The number of rotatable bonds is 2. The summed E-state index contributed by atoms with van der Waals surface area (Å²) in [5.74, 6) is 0. The van der Waals surface area contributed by atoms with E-state index >= 15 is 0 Å². The van der Waals surface area contributed by atoms with Gasteiger partial charge in [0, 0.05) is 0 Å². The summed E-state index contributed by atoms with van der Waals surface area (Å²) in [6.45, 7) is 0. The number of nitrogen functional groups attached to an aromatic ring is 1. The number of hydrogen-bond donors (Lipinski definition) is 2. The van der Waals surface area contributed by atoms with Crippen LogP contribution in [-0.2, 0) is 10.1 Å². The minimum absolute atomic E-state index is 0. The molecule has 9 heteroatoms. The molecule has 0 amide bonds. The Labute approximate surface area is 109 Å². The predicted molar refractivity (Wildman–Crippen MR) is 48.4 cm³/mol. The van der Waals surface area contributed by atoms with Crippen LogP contribution in [0.15, 0.2) is 23.1 Å². The van der Waals surface area contributed by atoms with E-state index in [9.17, 15) is 18.5 Å². The number of benzene rings is 1. The number of nitrogens with two attached hydrogens (primary N) is 1. The van der Waals surface area contributed by atoms with Crippen molar-refractivity contribution in [1.82, 2.24) is 0 Å². The number of hydrogen-bond acceptors (Lipinski definition) is 5. The minimum atomic E-state index is -4.62. The SMILES string of the molecule is Nc1cccc(S(=O)(=O)O)c1[N+](=O)[O-].[H-].[Na+]. The van der Waals surface area contributed by atoms with E-state index in [0.717, 1.165) is 6.07 Å². The van der Waals surface area contributed by atoms with Crippen molar-refractivity contribution in [2.45, 2.75) is 4.90 Å². The average molecular weight is 242 g/mol. The van der Waals surface area contributed by atoms with Gasteiger partial charge in [-0.15, -0.1) is 0 Å². The van der Waals surface area contributed by atoms with Crippen LogP contribution in [0.2, 0.25) is 0 Å². The van der Waals surface area contributed by atoms with Crippen LogP contribution in [0.25, 0.3) is 0 Å². The molecule has 78 valence electrons. The van der Waals surface area contributed by atoms with Gasteiger partial charge in [-0.25, -0.2) is 0 Å². The van der Waals surface area contributed by atoms with Gasteiger partial charge in [-0.1, -0.05) is 6.07 Å². The van der Waals surface area contributed by atoms with Gasteiger partial charge in [0.2, 0.25) is 0 Å². The molecule has 0 fully saturated rings. The van der Waals surface area contributed by atoms with Gasteiger partial charge in [0.25, 0.3) is 0 Å². The molecular weight excluding hydrogens is 235 g/mol. The first-order valence-electron chi connectivity index (χ1n) is 3.34. The molecule has 0 radical (unpaired) electrons. The van der Waals surface area contributed by atoms with E-state index in [1.807, 2.05) is 0 Å². The largest absolute Gasteiger partial charge is 1.00 e. The molecule has 7 nitrogen and oxygen atoms in total. The zero-order valence-electron chi connectivity index (χ0n) is 8.75. The molecule has 0 spiro atoms. The second-order valence-corrected chi connectivity index (χ2v) is 3.82. The van der Waals surface area contributed by atoms with Gasteiger partial charge in [0.15, 0.2) is 4.90 Å². The Bertz CT molecular complexity index is 492. The Morgan fingerprint density at radius 3 is 2.33 bits per heavy atom. The molecule has 15 heavy (non-hydrogen) atoms. The molecule has 0 bridgehead atoms. The standard InChI is InChI=1S/C6H6N2O5S.Na.H/c7-4-2-1-3-5(14(11,12)13)6(4)8(9)10;;/h1-3H,7H2,(H,11,12,13);;/q;+1;-1. The second-order valence-electron chi connectivity index (χ2n) is 2.43. The maximum absolute atomic E-state index is 10.7. The molecule has 1 aromatic carbocycles. The van der Waals surface area contributed by atoms with E-state index in [1.54, 1.807) is 0 Å². The van der Waals surface area contributed by atoms with Crippen molar-refractivity contribution in [2.24, 2.45) is 0 Å². The Hall–Kier alpha value is -0.670. The molecule has 1 rings (SSSR count). The molecular formula is C6H7N2NaO5S. The molecule has 0 saturated heterocycles. The maximum Gasteiger partial charge on any atom is 1.00 e. The summed E-state index contributed by atoms with van der Waals surface area (Å²) in [6.07, 6.45) is 0. The quantitative estimate of drug-likeness (QED) is 0.195. The summed E-state index contributed by atoms with van der Waals surface area (Å²) in [4.78, 5) is 8.68. The summed E-state index contributed by atoms with van der Waals surface area (Å²) in [7, 11) is -4.62. The number of nitrogens with zero attached hydrogens (tertiary/aromatic N) is 1. The predicted octanol–water partition coefficient (Wildman–Crippen LogP) is -2.46. The summed E-state index contributed by atoms with van der Waals surface area (Å²) in [6, 6.07) is 3.28. The molecule has 0 aliphatic rings. The molecule has 3 N–H and O–H groups in total. The number of nitro benzene ring substituents is 1. The van der Waals surface area contributed by atoms with Gasteiger partial charge in [-0.05, 0) is 12.1 Å². The molecule has 0 aromatic heterocycles. The van der Waals surface area contributed by atoms with Gasteiger partial charge in [0.1, 0.15) is 5.69 Å². The van der Waals surface area contributed by atoms with Crippen LogP contribution < -0.4 is 35.3 Å². The van der Waals surface area contributed by atoms with Crippen molar-refractivity contribution in [3.63, 3.8) is 0 Å². The van der Waals surface area contributed by atoms with Gasteiger partial charge in [-0.2, -0.15) is 8.42 Å². The summed E-state index contributed by atoms with van der Waals surface area (Å²) < 4.78 is 30.1. The van der Waals surface area contributed by atoms with Crippen LogP contribution >= 0.6 is 0 Å². The fourth-order valence-corrected chi connectivity index (χ4v) is 1.63. The van der Waals surface area contributed by atoms with Crippen LogP contribution in [-0.4, -0.2) is 17.9 Å². The summed E-state index contributed by atoms with van der Waals surface area (Å²) >= 11 is 0. The van der Waals surface area contributed by atoms with Crippen LogP contribution in [0.5, 0.6) is 0 Å². The normalized spacial score (nSPS) is 10.5. The van der Waals surface area contributed by atoms with Crippen molar-refractivity contribution in [3.8, 4) is 0 Å². The van der Waals surface area contributed by atoms with E-state index in [2.05, 4.69) is 0 Å². The molecule has 1 aromatic rings. The Morgan fingerprint density at radius 1 is 1.47 bits per heavy atom. The zero-order chi connectivity index (χ0) is 10.9. The second kappa shape index (κ2) is 4.90. The number of anilines is 1.